The number of aromatic hydroxyl groups is 2. The van der Waals surface area contributed by atoms with Crippen LogP contribution >= 0.6 is 0 Å². The fraction of sp³-hybridized carbons (Fsp3) is 0.0400. The predicted molar refractivity (Wildman–Crippen MR) is 114 cm³/mol. The van der Waals surface area contributed by atoms with E-state index in [0.717, 1.165) is 11.1 Å². The summed E-state index contributed by atoms with van der Waals surface area (Å²) in [4.78, 5) is 0. The van der Waals surface area contributed by atoms with Crippen molar-refractivity contribution in [3.8, 4) is 33.8 Å². The molecule has 2 N–H and O–H groups in total. The van der Waals surface area contributed by atoms with E-state index in [4.69, 9.17) is 10.2 Å². The summed E-state index contributed by atoms with van der Waals surface area (Å²) < 4.78 is 0. The lowest BCUT2D eigenvalue weighted by Crippen LogP contribution is -1.74. The zero-order valence-corrected chi connectivity index (χ0v) is 14.3. The lowest BCUT2D eigenvalue weighted by atomic mass is 10.1. The molecule has 2 nitrogen and oxygen atoms in total. The summed E-state index contributed by atoms with van der Waals surface area (Å²) in [5.74, 6) is 0.611. The molecule has 0 fully saturated rings. The molecule has 4 rings (SSSR count). The van der Waals surface area contributed by atoms with Gasteiger partial charge in [0.2, 0.25) is 0 Å². The van der Waals surface area contributed by atoms with Crippen molar-refractivity contribution in [1.29, 1.82) is 0 Å². The van der Waals surface area contributed by atoms with E-state index in [-0.39, 0.29) is 7.43 Å². The Morgan fingerprint density at radius 3 is 0.889 bits per heavy atom. The van der Waals surface area contributed by atoms with Crippen LogP contribution in [0.3, 0.4) is 0 Å². The second-order valence-electron chi connectivity index (χ2n) is 5.83. The van der Waals surface area contributed by atoms with Gasteiger partial charge in [0.1, 0.15) is 11.5 Å². The highest BCUT2D eigenvalue weighted by Crippen LogP contribution is 2.21. The van der Waals surface area contributed by atoms with Crippen LogP contribution in [0.25, 0.3) is 22.3 Å². The molecule has 4 aromatic carbocycles. The summed E-state index contributed by atoms with van der Waals surface area (Å²) in [6, 6.07) is 34.6. The molecule has 4 aromatic rings. The van der Waals surface area contributed by atoms with Gasteiger partial charge in [0.25, 0.3) is 0 Å². The number of rotatable bonds is 2. The Morgan fingerprint density at radius 2 is 0.593 bits per heavy atom. The van der Waals surface area contributed by atoms with E-state index in [2.05, 4.69) is 0 Å². The first-order valence-electron chi connectivity index (χ1n) is 8.41. The number of hydrogen-bond acceptors (Lipinski definition) is 2. The summed E-state index contributed by atoms with van der Waals surface area (Å²) in [5, 5.41) is 18.2. The number of phenols is 2. The van der Waals surface area contributed by atoms with Crippen LogP contribution in [0.4, 0.5) is 0 Å². The number of hydrogen-bond donors (Lipinski definition) is 2. The Morgan fingerprint density at radius 1 is 0.333 bits per heavy atom. The normalized spacial score (nSPS) is 9.48. The van der Waals surface area contributed by atoms with Gasteiger partial charge in [-0.1, -0.05) is 92.4 Å². The van der Waals surface area contributed by atoms with E-state index in [9.17, 15) is 0 Å². The van der Waals surface area contributed by atoms with Crippen molar-refractivity contribution in [3.05, 3.63) is 109 Å². The first-order chi connectivity index (χ1) is 12.7. The second kappa shape index (κ2) is 9.83. The first kappa shape index (κ1) is 19.8. The summed E-state index contributed by atoms with van der Waals surface area (Å²) in [5.41, 5.74) is 4.59. The third kappa shape index (κ3) is 5.75. The Kier molecular flexibility index (Phi) is 7.21. The number of benzene rings is 4. The third-order valence-electron chi connectivity index (χ3n) is 3.95. The minimum absolute atomic E-state index is 0. The highest BCUT2D eigenvalue weighted by molar-refractivity contribution is 5.64. The monoisotopic (exact) mass is 356 g/mol. The van der Waals surface area contributed by atoms with Gasteiger partial charge in [-0.25, -0.2) is 0 Å². The highest BCUT2D eigenvalue weighted by atomic mass is 16.3. The van der Waals surface area contributed by atoms with Gasteiger partial charge >= 0.3 is 0 Å². The maximum absolute atomic E-state index is 9.10. The summed E-state index contributed by atoms with van der Waals surface area (Å²) >= 11 is 0. The first-order valence-corrected chi connectivity index (χ1v) is 8.41. The van der Waals surface area contributed by atoms with Crippen LogP contribution in [0, 0.1) is 0 Å². The molecule has 0 aromatic heterocycles. The molecule has 0 saturated carbocycles. The largest absolute Gasteiger partial charge is 0.508 e. The van der Waals surface area contributed by atoms with E-state index in [1.165, 1.54) is 11.1 Å². The van der Waals surface area contributed by atoms with Crippen molar-refractivity contribution in [2.75, 3.05) is 0 Å². The lowest BCUT2D eigenvalue weighted by molar-refractivity contribution is 0.475. The molecule has 0 atom stereocenters. The quantitative estimate of drug-likeness (QED) is 0.417. The van der Waals surface area contributed by atoms with E-state index < -0.39 is 0 Å². The average molecular weight is 356 g/mol. The molecule has 0 unspecified atom stereocenters. The van der Waals surface area contributed by atoms with Crippen LogP contribution in [0.2, 0.25) is 0 Å². The lowest BCUT2D eigenvalue weighted by Gasteiger charge is -2.00. The van der Waals surface area contributed by atoms with Crippen LogP contribution in [-0.4, -0.2) is 10.2 Å². The van der Waals surface area contributed by atoms with E-state index in [1.54, 1.807) is 24.3 Å². The molecule has 0 amide bonds. The minimum Gasteiger partial charge on any atom is -0.508 e. The Bertz CT molecular complexity index is 832. The predicted octanol–water partition coefficient (Wildman–Crippen LogP) is 6.75. The van der Waals surface area contributed by atoms with Gasteiger partial charge in [-0.05, 0) is 46.5 Å². The molecule has 27 heavy (non-hydrogen) atoms. The molecule has 0 aliphatic heterocycles. The van der Waals surface area contributed by atoms with E-state index >= 15 is 0 Å². The van der Waals surface area contributed by atoms with Gasteiger partial charge in [0.15, 0.2) is 0 Å². The van der Waals surface area contributed by atoms with Gasteiger partial charge in [0.05, 0.1) is 0 Å². The van der Waals surface area contributed by atoms with Gasteiger partial charge < -0.3 is 10.2 Å². The fourth-order valence-electron chi connectivity index (χ4n) is 2.57. The molecule has 0 aliphatic rings. The second-order valence-corrected chi connectivity index (χ2v) is 5.83. The van der Waals surface area contributed by atoms with Crippen LogP contribution < -0.4 is 0 Å². The number of phenolic OH excluding ortho intramolecular Hbond substituents is 2. The van der Waals surface area contributed by atoms with Crippen molar-refractivity contribution in [3.63, 3.8) is 0 Å². The van der Waals surface area contributed by atoms with Crippen molar-refractivity contribution < 1.29 is 10.2 Å². The standard InChI is InChI=1S/2C12H10O.CH4/c2*13-12-8-6-11(7-9-12)10-4-2-1-3-5-10;/h2*1-9,13H;1H4. The molecular weight excluding hydrogens is 332 g/mol. The molecule has 136 valence electrons. The van der Waals surface area contributed by atoms with Crippen molar-refractivity contribution in [2.45, 2.75) is 7.43 Å². The van der Waals surface area contributed by atoms with E-state index in [1.807, 2.05) is 84.9 Å². The smallest absolute Gasteiger partial charge is 0.115 e. The van der Waals surface area contributed by atoms with Crippen molar-refractivity contribution in [1.82, 2.24) is 0 Å². The van der Waals surface area contributed by atoms with Crippen LogP contribution in [0.15, 0.2) is 109 Å². The third-order valence-corrected chi connectivity index (χ3v) is 3.95. The average Bonchev–Trinajstić information content (AvgIpc) is 2.71. The maximum Gasteiger partial charge on any atom is 0.115 e. The van der Waals surface area contributed by atoms with Crippen molar-refractivity contribution >= 4 is 0 Å². The summed E-state index contributed by atoms with van der Waals surface area (Å²) in [6.07, 6.45) is 0. The van der Waals surface area contributed by atoms with Crippen molar-refractivity contribution in [2.24, 2.45) is 0 Å². The Hall–Kier alpha value is -3.52. The van der Waals surface area contributed by atoms with Crippen LogP contribution in [0.5, 0.6) is 11.5 Å². The van der Waals surface area contributed by atoms with E-state index in [0.29, 0.717) is 11.5 Å². The van der Waals surface area contributed by atoms with Gasteiger partial charge in [0, 0.05) is 0 Å². The summed E-state index contributed by atoms with van der Waals surface area (Å²) in [6.45, 7) is 0. The van der Waals surface area contributed by atoms with Gasteiger partial charge in [-0.2, -0.15) is 0 Å². The SMILES string of the molecule is C.Oc1ccc(-c2ccccc2)cc1.Oc1ccc(-c2ccccc2)cc1. The Labute approximate surface area is 161 Å². The maximum atomic E-state index is 9.10. The fourth-order valence-corrected chi connectivity index (χ4v) is 2.57. The zero-order chi connectivity index (χ0) is 18.2. The molecule has 0 aliphatic carbocycles. The molecule has 0 radical (unpaired) electrons. The molecule has 0 bridgehead atoms. The zero-order valence-electron chi connectivity index (χ0n) is 14.3. The molecule has 0 heterocycles. The minimum atomic E-state index is 0. The Balaban J connectivity index is 0.000000187. The highest BCUT2D eigenvalue weighted by Gasteiger charge is 1.95. The molecule has 0 saturated heterocycles. The topological polar surface area (TPSA) is 40.5 Å². The van der Waals surface area contributed by atoms with Crippen LogP contribution in [0.1, 0.15) is 7.43 Å². The van der Waals surface area contributed by atoms with Crippen LogP contribution in [-0.2, 0) is 0 Å². The molecular formula is C25H24O2. The van der Waals surface area contributed by atoms with Gasteiger partial charge in [-0.3, -0.25) is 0 Å². The van der Waals surface area contributed by atoms with Gasteiger partial charge in [-0.15, -0.1) is 0 Å². The molecule has 0 spiro atoms. The molecule has 2 heteroatoms. The summed E-state index contributed by atoms with van der Waals surface area (Å²) in [7, 11) is 0.